The molecule has 19 heavy (non-hydrogen) atoms. The molecule has 3 rings (SSSR count). The SMILES string of the molecule is CN[C@@H]1CCN(c2ccnc(NC3CCCC3)n2)C1. The molecule has 0 radical (unpaired) electrons. The zero-order valence-electron chi connectivity index (χ0n) is 11.6. The molecule has 1 aromatic heterocycles. The molecule has 2 heterocycles. The van der Waals surface area contributed by atoms with Crippen molar-refractivity contribution in [1.29, 1.82) is 0 Å². The van der Waals surface area contributed by atoms with Gasteiger partial charge in [-0.05, 0) is 32.4 Å². The standard InChI is InChI=1S/C14H23N5/c1-15-12-7-9-19(10-12)13-6-8-16-14(18-13)17-11-4-2-3-5-11/h6,8,11-12,15H,2-5,7,9-10H2,1H3,(H,16,17,18)/t12-/m1/s1. The third-order valence-electron chi connectivity index (χ3n) is 4.25. The molecule has 1 aliphatic carbocycles. The lowest BCUT2D eigenvalue weighted by Gasteiger charge is -2.19. The van der Waals surface area contributed by atoms with Crippen molar-refractivity contribution in [2.24, 2.45) is 0 Å². The normalized spacial score (nSPS) is 24.1. The van der Waals surface area contributed by atoms with Crippen molar-refractivity contribution in [3.05, 3.63) is 12.3 Å². The van der Waals surface area contributed by atoms with Crippen molar-refractivity contribution in [1.82, 2.24) is 15.3 Å². The summed E-state index contributed by atoms with van der Waals surface area (Å²) in [7, 11) is 2.03. The topological polar surface area (TPSA) is 53.1 Å². The molecular formula is C14H23N5. The van der Waals surface area contributed by atoms with Crippen molar-refractivity contribution in [2.75, 3.05) is 30.4 Å². The number of rotatable bonds is 4. The third kappa shape index (κ3) is 2.97. The molecule has 0 spiro atoms. The molecule has 1 saturated heterocycles. The van der Waals surface area contributed by atoms with Crippen molar-refractivity contribution >= 4 is 11.8 Å². The van der Waals surface area contributed by atoms with Crippen molar-refractivity contribution in [3.63, 3.8) is 0 Å². The lowest BCUT2D eigenvalue weighted by Crippen LogP contribution is -2.30. The van der Waals surface area contributed by atoms with E-state index in [9.17, 15) is 0 Å². The summed E-state index contributed by atoms with van der Waals surface area (Å²) in [6.45, 7) is 2.11. The van der Waals surface area contributed by atoms with E-state index in [0.717, 1.165) is 24.9 Å². The Balaban J connectivity index is 1.65. The maximum absolute atomic E-state index is 4.66. The second-order valence-corrected chi connectivity index (χ2v) is 5.58. The number of aromatic nitrogens is 2. The van der Waals surface area contributed by atoms with Crippen LogP contribution < -0.4 is 15.5 Å². The smallest absolute Gasteiger partial charge is 0.224 e. The largest absolute Gasteiger partial charge is 0.355 e. The highest BCUT2D eigenvalue weighted by Crippen LogP contribution is 2.22. The van der Waals surface area contributed by atoms with Crippen LogP contribution in [0.4, 0.5) is 11.8 Å². The Labute approximate surface area is 114 Å². The first kappa shape index (κ1) is 12.7. The van der Waals surface area contributed by atoms with Gasteiger partial charge in [0.05, 0.1) is 0 Å². The Morgan fingerprint density at radius 3 is 2.79 bits per heavy atom. The average molecular weight is 261 g/mol. The van der Waals surface area contributed by atoms with Gasteiger partial charge in [-0.1, -0.05) is 12.8 Å². The molecule has 1 saturated carbocycles. The summed E-state index contributed by atoms with van der Waals surface area (Å²) in [5.74, 6) is 1.84. The van der Waals surface area contributed by atoms with Gasteiger partial charge < -0.3 is 15.5 Å². The van der Waals surface area contributed by atoms with Crippen LogP contribution in [0.25, 0.3) is 0 Å². The lowest BCUT2D eigenvalue weighted by atomic mass is 10.2. The van der Waals surface area contributed by atoms with Gasteiger partial charge in [-0.25, -0.2) is 4.98 Å². The van der Waals surface area contributed by atoms with Crippen LogP contribution in [0.2, 0.25) is 0 Å². The molecular weight excluding hydrogens is 238 g/mol. The zero-order chi connectivity index (χ0) is 13.1. The fraction of sp³-hybridized carbons (Fsp3) is 0.714. The fourth-order valence-corrected chi connectivity index (χ4v) is 3.05. The van der Waals surface area contributed by atoms with E-state index in [-0.39, 0.29) is 0 Å². The summed E-state index contributed by atoms with van der Waals surface area (Å²) in [5.41, 5.74) is 0. The number of nitrogens with zero attached hydrogens (tertiary/aromatic N) is 3. The summed E-state index contributed by atoms with van der Waals surface area (Å²) >= 11 is 0. The molecule has 0 amide bonds. The second kappa shape index (κ2) is 5.74. The molecule has 2 fully saturated rings. The maximum atomic E-state index is 4.66. The Morgan fingerprint density at radius 2 is 2.05 bits per heavy atom. The number of hydrogen-bond donors (Lipinski definition) is 2. The van der Waals surface area contributed by atoms with Crippen LogP contribution in [0.5, 0.6) is 0 Å². The molecule has 1 aliphatic heterocycles. The zero-order valence-corrected chi connectivity index (χ0v) is 11.6. The van der Waals surface area contributed by atoms with Gasteiger partial charge in [-0.15, -0.1) is 0 Å². The van der Waals surface area contributed by atoms with Gasteiger partial charge in [0.1, 0.15) is 5.82 Å². The summed E-state index contributed by atoms with van der Waals surface area (Å²) in [4.78, 5) is 11.3. The van der Waals surface area contributed by atoms with Crippen molar-refractivity contribution in [3.8, 4) is 0 Å². The molecule has 2 aliphatic rings. The van der Waals surface area contributed by atoms with Crippen LogP contribution in [0.15, 0.2) is 12.3 Å². The first-order valence-electron chi connectivity index (χ1n) is 7.37. The monoisotopic (exact) mass is 261 g/mol. The summed E-state index contributed by atoms with van der Waals surface area (Å²) in [6.07, 6.45) is 8.21. The first-order valence-corrected chi connectivity index (χ1v) is 7.37. The van der Waals surface area contributed by atoms with Gasteiger partial charge in [-0.3, -0.25) is 0 Å². The van der Waals surface area contributed by atoms with E-state index in [4.69, 9.17) is 0 Å². The predicted molar refractivity (Wildman–Crippen MR) is 77.6 cm³/mol. The van der Waals surface area contributed by atoms with E-state index >= 15 is 0 Å². The molecule has 5 heteroatoms. The summed E-state index contributed by atoms with van der Waals surface area (Å²) < 4.78 is 0. The average Bonchev–Trinajstić information content (AvgIpc) is 3.09. The highest BCUT2D eigenvalue weighted by Gasteiger charge is 2.22. The van der Waals surface area contributed by atoms with Crippen LogP contribution in [0.3, 0.4) is 0 Å². The van der Waals surface area contributed by atoms with Crippen LogP contribution in [0.1, 0.15) is 32.1 Å². The van der Waals surface area contributed by atoms with Crippen molar-refractivity contribution in [2.45, 2.75) is 44.2 Å². The number of hydrogen-bond acceptors (Lipinski definition) is 5. The van der Waals surface area contributed by atoms with Crippen LogP contribution >= 0.6 is 0 Å². The Hall–Kier alpha value is -1.36. The van der Waals surface area contributed by atoms with Gasteiger partial charge in [-0.2, -0.15) is 4.98 Å². The fourth-order valence-electron chi connectivity index (χ4n) is 3.05. The maximum Gasteiger partial charge on any atom is 0.224 e. The summed E-state index contributed by atoms with van der Waals surface area (Å²) in [5, 5.41) is 6.80. The molecule has 2 N–H and O–H groups in total. The quantitative estimate of drug-likeness (QED) is 0.863. The highest BCUT2D eigenvalue weighted by atomic mass is 15.3. The van der Waals surface area contributed by atoms with E-state index in [1.165, 1.54) is 32.1 Å². The number of nitrogens with one attached hydrogen (secondary N) is 2. The van der Waals surface area contributed by atoms with Crippen LogP contribution in [-0.2, 0) is 0 Å². The minimum atomic E-state index is 0.568. The second-order valence-electron chi connectivity index (χ2n) is 5.58. The molecule has 0 unspecified atom stereocenters. The predicted octanol–water partition coefficient (Wildman–Crippen LogP) is 1.63. The molecule has 0 bridgehead atoms. The molecule has 5 nitrogen and oxygen atoms in total. The Morgan fingerprint density at radius 1 is 1.21 bits per heavy atom. The van der Waals surface area contributed by atoms with Gasteiger partial charge in [0.15, 0.2) is 0 Å². The Kier molecular flexibility index (Phi) is 3.82. The van der Waals surface area contributed by atoms with E-state index in [0.29, 0.717) is 12.1 Å². The summed E-state index contributed by atoms with van der Waals surface area (Å²) in [6, 6.07) is 3.16. The van der Waals surface area contributed by atoms with Gasteiger partial charge >= 0.3 is 0 Å². The number of anilines is 2. The first-order chi connectivity index (χ1) is 9.35. The van der Waals surface area contributed by atoms with E-state index in [2.05, 4.69) is 25.5 Å². The van der Waals surface area contributed by atoms with E-state index in [1.54, 1.807) is 0 Å². The van der Waals surface area contributed by atoms with E-state index in [1.807, 2.05) is 19.3 Å². The third-order valence-corrected chi connectivity index (χ3v) is 4.25. The minimum absolute atomic E-state index is 0.568. The lowest BCUT2D eigenvalue weighted by molar-refractivity contribution is 0.616. The van der Waals surface area contributed by atoms with Gasteiger partial charge in [0.25, 0.3) is 0 Å². The van der Waals surface area contributed by atoms with Gasteiger partial charge in [0.2, 0.25) is 5.95 Å². The van der Waals surface area contributed by atoms with E-state index < -0.39 is 0 Å². The molecule has 1 aromatic rings. The highest BCUT2D eigenvalue weighted by molar-refractivity contribution is 5.44. The minimum Gasteiger partial charge on any atom is -0.355 e. The van der Waals surface area contributed by atoms with Crippen LogP contribution in [0, 0.1) is 0 Å². The van der Waals surface area contributed by atoms with Crippen molar-refractivity contribution < 1.29 is 0 Å². The number of likely N-dealkylation sites (N-methyl/N-ethyl adjacent to an activating group) is 1. The van der Waals surface area contributed by atoms with Crippen LogP contribution in [-0.4, -0.2) is 42.2 Å². The van der Waals surface area contributed by atoms with Gasteiger partial charge in [0, 0.05) is 31.4 Å². The molecule has 0 aromatic carbocycles. The molecule has 104 valence electrons. The Bertz CT molecular complexity index is 416. The molecule has 1 atom stereocenters.